The molecule has 1 aliphatic rings. The number of hydrogen-bond acceptors (Lipinski definition) is 16. The number of hydrogen-bond donors (Lipinski definition) is 7. The van der Waals surface area contributed by atoms with Crippen molar-refractivity contribution in [2.45, 2.75) is 255 Å². The normalized spacial score (nSPS) is 25.4. The monoisotopic (exact) mass is 1420 g/mol. The largest absolute Gasteiger partial charge is 0.458 e. The molecule has 7 N–H and O–H groups in total. The molecule has 1 fully saturated rings. The van der Waals surface area contributed by atoms with Gasteiger partial charge in [0.05, 0.1) is 0 Å². The second kappa shape index (κ2) is 42.7. The predicted molar refractivity (Wildman–Crippen MR) is 379 cm³/mol. The molecule has 1 rings (SSSR count). The summed E-state index contributed by atoms with van der Waals surface area (Å²) in [6.07, 6.45) is -0.770. The lowest BCUT2D eigenvalue weighted by Crippen LogP contribution is -2.61. The summed E-state index contributed by atoms with van der Waals surface area (Å²) in [5.41, 5.74) is 0. The number of esters is 1. The van der Waals surface area contributed by atoms with Gasteiger partial charge in [0.25, 0.3) is 0 Å². The maximum atomic E-state index is 15.1. The number of ether oxygens (including phenoxy) is 2. The minimum absolute atomic E-state index is 0.00597. The predicted octanol–water partition coefficient (Wildman–Crippen LogP) is 2.61. The van der Waals surface area contributed by atoms with Crippen LogP contribution in [0.2, 0.25) is 0 Å². The number of nitrogens with zero attached hydrogens (tertiary/aromatic N) is 6. The number of nitrogens with one attached hydrogen (secondary N) is 7. The first-order chi connectivity index (χ1) is 46.4. The van der Waals surface area contributed by atoms with Crippen LogP contribution in [0.5, 0.6) is 0 Å². The second-order valence-corrected chi connectivity index (χ2v) is 29.4. The molecule has 1 aliphatic heterocycles. The van der Waals surface area contributed by atoms with Crippen molar-refractivity contribution in [3.8, 4) is 0 Å². The third-order valence-electron chi connectivity index (χ3n) is 19.0. The van der Waals surface area contributed by atoms with Crippen molar-refractivity contribution in [2.24, 2.45) is 47.3 Å². The molecule has 29 heteroatoms. The number of carbonyl (C=O) groups is 14. The second-order valence-electron chi connectivity index (χ2n) is 29.4. The zero-order valence-corrected chi connectivity index (χ0v) is 65.0. The fourth-order valence-corrected chi connectivity index (χ4v) is 11.8. The van der Waals surface area contributed by atoms with Gasteiger partial charge in [-0.15, -0.1) is 0 Å². The molecular formula is C71H127N13O16. The lowest BCUT2D eigenvalue weighted by atomic mass is 9.93. The average molecular weight is 1420 g/mol. The molecule has 0 saturated carbocycles. The molecule has 0 aromatic heterocycles. The molecule has 0 spiro atoms. The van der Waals surface area contributed by atoms with Gasteiger partial charge < -0.3 is 76.1 Å². The Hall–Kier alpha value is -7.46. The Morgan fingerprint density at radius 2 is 1.11 bits per heavy atom. The molecule has 0 aromatic carbocycles. The summed E-state index contributed by atoms with van der Waals surface area (Å²) in [5, 5.41) is 19.2. The third-order valence-corrected chi connectivity index (χ3v) is 19.0. The van der Waals surface area contributed by atoms with Gasteiger partial charge in [0, 0.05) is 75.3 Å². The zero-order valence-electron chi connectivity index (χ0n) is 65.0. The molecule has 0 aromatic rings. The van der Waals surface area contributed by atoms with Crippen LogP contribution in [0.3, 0.4) is 0 Å². The van der Waals surface area contributed by atoms with E-state index in [1.54, 1.807) is 62.3 Å². The van der Waals surface area contributed by atoms with Crippen LogP contribution in [0.25, 0.3) is 0 Å². The molecule has 1 heterocycles. The molecule has 0 radical (unpaired) electrons. The molecule has 29 nitrogen and oxygen atoms in total. The van der Waals surface area contributed by atoms with E-state index < -0.39 is 191 Å². The molecule has 13 amide bonds. The highest BCUT2D eigenvalue weighted by Gasteiger charge is 2.44. The van der Waals surface area contributed by atoms with Gasteiger partial charge in [0.1, 0.15) is 79.2 Å². The highest BCUT2D eigenvalue weighted by Crippen LogP contribution is 2.24. The van der Waals surface area contributed by atoms with E-state index in [0.717, 1.165) is 9.80 Å². The Labute approximate surface area is 595 Å². The summed E-state index contributed by atoms with van der Waals surface area (Å²) in [4.78, 5) is 208. The van der Waals surface area contributed by atoms with E-state index >= 15 is 4.79 Å². The van der Waals surface area contributed by atoms with Crippen molar-refractivity contribution < 1.29 is 76.6 Å². The van der Waals surface area contributed by atoms with Crippen LogP contribution >= 0.6 is 0 Å². The minimum Gasteiger partial charge on any atom is -0.458 e. The summed E-state index contributed by atoms with van der Waals surface area (Å²) in [6, 6.07) is -13.8. The molecule has 15 atom stereocenters. The number of cyclic esters (lactones) is 1. The number of methoxy groups -OCH3 is 1. The topological polar surface area (TPSA) is 361 Å². The summed E-state index contributed by atoms with van der Waals surface area (Å²) < 4.78 is 11.1. The fourth-order valence-electron chi connectivity index (χ4n) is 11.8. The fraction of sp³-hybridized carbons (Fsp3) is 0.803. The summed E-state index contributed by atoms with van der Waals surface area (Å²) in [5.74, 6) is -12.8. The van der Waals surface area contributed by atoms with Crippen molar-refractivity contribution in [3.05, 3.63) is 0 Å². The van der Waals surface area contributed by atoms with Gasteiger partial charge >= 0.3 is 5.97 Å². The highest BCUT2D eigenvalue weighted by molar-refractivity contribution is 5.98. The van der Waals surface area contributed by atoms with E-state index in [9.17, 15) is 62.3 Å². The Morgan fingerprint density at radius 1 is 0.590 bits per heavy atom. The molecule has 0 bridgehead atoms. The van der Waals surface area contributed by atoms with Gasteiger partial charge in [-0.2, -0.15) is 0 Å². The number of carbonyl (C=O) groups excluding carboxylic acids is 14. The van der Waals surface area contributed by atoms with Gasteiger partial charge in [0.2, 0.25) is 76.8 Å². The first-order valence-corrected chi connectivity index (χ1v) is 35.7. The summed E-state index contributed by atoms with van der Waals surface area (Å²) in [6.45, 7) is 31.9. The van der Waals surface area contributed by atoms with E-state index in [-0.39, 0.29) is 63.1 Å². The quantitative estimate of drug-likeness (QED) is 0.0812. The summed E-state index contributed by atoms with van der Waals surface area (Å²) in [7, 11) is 9.73. The van der Waals surface area contributed by atoms with Crippen LogP contribution < -0.4 is 37.2 Å². The van der Waals surface area contributed by atoms with Crippen molar-refractivity contribution in [2.75, 3.05) is 69.1 Å². The summed E-state index contributed by atoms with van der Waals surface area (Å²) >= 11 is 0. The van der Waals surface area contributed by atoms with Crippen molar-refractivity contribution >= 4 is 82.8 Å². The molecule has 572 valence electrons. The maximum Gasteiger partial charge on any atom is 0.329 e. The highest BCUT2D eigenvalue weighted by atomic mass is 16.5. The van der Waals surface area contributed by atoms with Gasteiger partial charge in [-0.05, 0) is 87.4 Å². The van der Waals surface area contributed by atoms with Crippen molar-refractivity contribution in [1.29, 1.82) is 0 Å². The van der Waals surface area contributed by atoms with Crippen molar-refractivity contribution in [3.63, 3.8) is 0 Å². The maximum absolute atomic E-state index is 15.1. The SMILES string of the molecule is CCC(C)[C@H]1C(=O)NCCC(=O)N[C@H](C(C)CC)C(=O)N(C)[C@@H](C(C)CC)C(=O)N(C)[C@@H](C)C(=O)N[C@@H](C)C(=O)N[C@H](CC(C)C)C(=O)N(C)[C@H](CC(C)C)C(=O)O[C@H](C)[C@H](NC(=O)[C@@H](CC(C)C)N(C)C(=O)[C@@H](NC(=O)COC)C(C)C)C(=O)N(C)CCC(=O)N[C@H](C(C)C)C(=O)N1C. The van der Waals surface area contributed by atoms with Gasteiger partial charge in [-0.3, -0.25) is 62.3 Å². The Bertz CT molecular complexity index is 2780. The Morgan fingerprint density at radius 3 is 1.62 bits per heavy atom. The molecule has 1 saturated heterocycles. The van der Waals surface area contributed by atoms with Gasteiger partial charge in [0.15, 0.2) is 0 Å². The van der Waals surface area contributed by atoms with Crippen LogP contribution in [0, 0.1) is 47.3 Å². The number of likely N-dealkylation sites (N-methyl/N-ethyl adjacent to an activating group) is 6. The van der Waals surface area contributed by atoms with Gasteiger partial charge in [-0.25, -0.2) is 4.79 Å². The van der Waals surface area contributed by atoms with Gasteiger partial charge in [-0.1, -0.05) is 130 Å². The van der Waals surface area contributed by atoms with Crippen LogP contribution in [-0.4, -0.2) is 254 Å². The average Bonchev–Trinajstić information content (AvgIpc) is 0.821. The van der Waals surface area contributed by atoms with E-state index in [1.165, 1.54) is 89.8 Å². The van der Waals surface area contributed by atoms with E-state index in [4.69, 9.17) is 9.47 Å². The first-order valence-electron chi connectivity index (χ1n) is 35.7. The van der Waals surface area contributed by atoms with Crippen LogP contribution in [0.15, 0.2) is 0 Å². The van der Waals surface area contributed by atoms with E-state index in [1.807, 2.05) is 48.5 Å². The first kappa shape index (κ1) is 90.6. The van der Waals surface area contributed by atoms with Crippen molar-refractivity contribution in [1.82, 2.24) is 66.6 Å². The zero-order chi connectivity index (χ0) is 77.2. The smallest absolute Gasteiger partial charge is 0.329 e. The molecular weight excluding hydrogens is 1290 g/mol. The minimum atomic E-state index is -1.72. The van der Waals surface area contributed by atoms with Crippen LogP contribution in [0.1, 0.15) is 183 Å². The van der Waals surface area contributed by atoms with E-state index in [0.29, 0.717) is 19.3 Å². The lowest BCUT2D eigenvalue weighted by molar-refractivity contribution is -0.163. The number of amides is 13. The van der Waals surface area contributed by atoms with Crippen LogP contribution in [0.4, 0.5) is 0 Å². The lowest BCUT2D eigenvalue weighted by Gasteiger charge is -2.38. The molecule has 0 aliphatic carbocycles. The van der Waals surface area contributed by atoms with E-state index in [2.05, 4.69) is 37.2 Å². The Balaban J connectivity index is 4.29. The molecule has 100 heavy (non-hydrogen) atoms. The standard InChI is InChI=1S/C71H127N13O16/c1-27-43(14)57-69(96)84(25)60(45(16)29-3)70(97)80(21)47(18)62(89)73-46(17)61(88)74-49(34-38(4)5)65(92)82(23)51(36-40(8)9)71(98)100-48(19)58(78-63(90)50(35-39(6)7)81(22)67(94)55(41(10)11)77-54(87)37-99-26)66(93)79(20)33-31-53(86)75-56(42(12)13)68(95)83(24)59(44(15)28-2)64(91)72-32-30-52(85)76-57/h38-51,55-60H,27-37H2,1-26H3,(H,72,91)(H,73,89)(H,74,88)(H,75,86)(H,76,85)(H,77,87)(H,78,90)/t43?,44?,45?,46-,47-,48+,49+,50+,51+,55-,56+,57+,58-,59-,60-/m0/s1. The Kier molecular flexibility index (Phi) is 38.7. The number of rotatable bonds is 21. The van der Waals surface area contributed by atoms with Crippen LogP contribution in [-0.2, 0) is 76.6 Å². The molecule has 3 unspecified atom stereocenters. The third kappa shape index (κ3) is 26.8.